The maximum atomic E-state index is 10.2. The third-order valence-electron chi connectivity index (χ3n) is 3.48. The molecule has 2 nitrogen and oxygen atoms in total. The van der Waals surface area contributed by atoms with Crippen LogP contribution >= 0.6 is 0 Å². The van der Waals surface area contributed by atoms with Gasteiger partial charge in [0.2, 0.25) is 0 Å². The van der Waals surface area contributed by atoms with E-state index in [0.29, 0.717) is 0 Å². The van der Waals surface area contributed by atoms with E-state index in [-0.39, 0.29) is 75.3 Å². The molecule has 3 heteroatoms. The molecule has 0 aromatic rings. The summed E-state index contributed by atoms with van der Waals surface area (Å²) in [5, 5.41) is 10.2. The summed E-state index contributed by atoms with van der Waals surface area (Å²) in [6, 6.07) is 0. The largest absolute Gasteiger partial charge is 1.00 e. The van der Waals surface area contributed by atoms with Crippen LogP contribution in [0.5, 0.6) is 0 Å². The molecule has 0 aromatic heterocycles. The number of carbonyl (C=O) groups excluding carboxylic acids is 1. The van der Waals surface area contributed by atoms with Gasteiger partial charge in [-0.15, -0.1) is 0 Å². The first kappa shape index (κ1) is 22.8. The summed E-state index contributed by atoms with van der Waals surface area (Å²) in [5.41, 5.74) is 0. The average molecular weight is 388 g/mol. The predicted octanol–water partition coefficient (Wildman–Crippen LogP) is 1.22. The number of hydrogen-bond acceptors (Lipinski definition) is 2. The van der Waals surface area contributed by atoms with Gasteiger partial charge in [-0.3, -0.25) is 0 Å². The van der Waals surface area contributed by atoms with Gasteiger partial charge in [-0.2, -0.15) is 0 Å². The third-order valence-corrected chi connectivity index (χ3v) is 3.48. The molecule has 0 aromatic carbocycles. The molecule has 0 fully saturated rings. The molecule has 0 unspecified atom stereocenters. The van der Waals surface area contributed by atoms with Gasteiger partial charge < -0.3 is 9.90 Å². The first-order valence-electron chi connectivity index (χ1n) is 7.97. The summed E-state index contributed by atoms with van der Waals surface area (Å²) in [5.74, 6) is -0.905. The summed E-state index contributed by atoms with van der Waals surface area (Å²) in [4.78, 5) is 10.2. The first-order valence-corrected chi connectivity index (χ1v) is 7.97. The molecule has 108 valence electrons. The molecular formula is C16H31CsO2. The molecule has 0 saturated carbocycles. The molecule has 0 N–H and O–H groups in total. The van der Waals surface area contributed by atoms with Gasteiger partial charge in [-0.1, -0.05) is 84.0 Å². The number of hydrogen-bond donors (Lipinski definition) is 0. The summed E-state index contributed by atoms with van der Waals surface area (Å²) in [6.45, 7) is 2.26. The molecule has 0 spiro atoms. The molecule has 0 bridgehead atoms. The minimum atomic E-state index is -0.905. The van der Waals surface area contributed by atoms with Gasteiger partial charge in [0.1, 0.15) is 0 Å². The Bertz CT molecular complexity index is 184. The van der Waals surface area contributed by atoms with E-state index in [4.69, 9.17) is 0 Å². The van der Waals surface area contributed by atoms with E-state index in [0.717, 1.165) is 12.8 Å². The zero-order valence-electron chi connectivity index (χ0n) is 13.2. The van der Waals surface area contributed by atoms with Crippen molar-refractivity contribution in [1.29, 1.82) is 0 Å². The molecule has 0 aliphatic rings. The smallest absolute Gasteiger partial charge is 0.550 e. The van der Waals surface area contributed by atoms with Gasteiger partial charge >= 0.3 is 68.9 Å². The summed E-state index contributed by atoms with van der Waals surface area (Å²) in [7, 11) is 0. The van der Waals surface area contributed by atoms with Crippen molar-refractivity contribution in [1.82, 2.24) is 0 Å². The van der Waals surface area contributed by atoms with E-state index in [1.165, 1.54) is 70.6 Å². The van der Waals surface area contributed by atoms with Crippen molar-refractivity contribution in [3.63, 3.8) is 0 Å². The van der Waals surface area contributed by atoms with Crippen LogP contribution in [0.2, 0.25) is 0 Å². The van der Waals surface area contributed by atoms with Crippen molar-refractivity contribution in [3.05, 3.63) is 0 Å². The minimum absolute atomic E-state index is 0. The van der Waals surface area contributed by atoms with Crippen molar-refractivity contribution in [3.8, 4) is 0 Å². The zero-order chi connectivity index (χ0) is 13.5. The molecule has 0 rings (SSSR count). The van der Waals surface area contributed by atoms with Crippen molar-refractivity contribution < 1.29 is 78.8 Å². The average Bonchev–Trinajstić information content (AvgIpc) is 2.34. The molecular weight excluding hydrogens is 357 g/mol. The van der Waals surface area contributed by atoms with Crippen LogP contribution in [0.3, 0.4) is 0 Å². The van der Waals surface area contributed by atoms with Gasteiger partial charge in [0, 0.05) is 5.97 Å². The van der Waals surface area contributed by atoms with Crippen molar-refractivity contribution >= 4 is 5.97 Å². The summed E-state index contributed by atoms with van der Waals surface area (Å²) < 4.78 is 0. The standard InChI is InChI=1S/C16H32O2.Cs/c1-2-3-4-5-6-7-8-9-10-11-12-13-14-15-16(17)18;/h2-15H2,1H3,(H,17,18);/q;+1/p-1. The maximum absolute atomic E-state index is 10.2. The zero-order valence-corrected chi connectivity index (χ0v) is 19.5. The second-order valence-corrected chi connectivity index (χ2v) is 5.36. The fraction of sp³-hybridized carbons (Fsp3) is 0.938. The molecule has 0 saturated heterocycles. The van der Waals surface area contributed by atoms with E-state index in [2.05, 4.69) is 6.92 Å². The van der Waals surface area contributed by atoms with Crippen LogP contribution in [-0.4, -0.2) is 5.97 Å². The van der Waals surface area contributed by atoms with Gasteiger partial charge in [-0.25, -0.2) is 0 Å². The molecule has 0 amide bonds. The molecule has 0 radical (unpaired) electrons. The number of carbonyl (C=O) groups is 1. The molecule has 19 heavy (non-hydrogen) atoms. The first-order chi connectivity index (χ1) is 8.77. The summed E-state index contributed by atoms with van der Waals surface area (Å²) >= 11 is 0. The monoisotopic (exact) mass is 388 g/mol. The van der Waals surface area contributed by atoms with Crippen LogP contribution in [0.15, 0.2) is 0 Å². The fourth-order valence-electron chi connectivity index (χ4n) is 2.29. The van der Waals surface area contributed by atoms with Gasteiger partial charge in [0.05, 0.1) is 0 Å². The molecule has 0 aliphatic heterocycles. The van der Waals surface area contributed by atoms with Crippen LogP contribution in [0.4, 0.5) is 0 Å². The quantitative estimate of drug-likeness (QED) is 0.420. The minimum Gasteiger partial charge on any atom is -0.550 e. The molecule has 0 heterocycles. The van der Waals surface area contributed by atoms with Crippen molar-refractivity contribution in [2.24, 2.45) is 0 Å². The number of carboxylic acid groups (broad SMARTS) is 1. The Morgan fingerprint density at radius 1 is 0.684 bits per heavy atom. The Hall–Kier alpha value is 1.52. The van der Waals surface area contributed by atoms with E-state index in [1.54, 1.807) is 0 Å². The predicted molar refractivity (Wildman–Crippen MR) is 75.3 cm³/mol. The van der Waals surface area contributed by atoms with Crippen LogP contribution in [0.1, 0.15) is 96.8 Å². The van der Waals surface area contributed by atoms with Crippen molar-refractivity contribution in [2.75, 3.05) is 0 Å². The van der Waals surface area contributed by atoms with Crippen LogP contribution in [-0.2, 0) is 4.79 Å². The van der Waals surface area contributed by atoms with Crippen molar-refractivity contribution in [2.45, 2.75) is 96.8 Å². The summed E-state index contributed by atoms with van der Waals surface area (Å²) in [6.07, 6.45) is 16.9. The number of unbranched alkanes of at least 4 members (excludes halogenated alkanes) is 12. The Morgan fingerprint density at radius 2 is 1.00 bits per heavy atom. The van der Waals surface area contributed by atoms with Gasteiger partial charge in [-0.05, 0) is 12.8 Å². The molecule has 0 atom stereocenters. The van der Waals surface area contributed by atoms with Crippen LogP contribution in [0, 0.1) is 0 Å². The Labute approximate surface area is 178 Å². The fourth-order valence-corrected chi connectivity index (χ4v) is 2.29. The third kappa shape index (κ3) is 22.0. The number of carboxylic acids is 1. The Balaban J connectivity index is 0. The maximum Gasteiger partial charge on any atom is 1.00 e. The van der Waals surface area contributed by atoms with Crippen LogP contribution in [0.25, 0.3) is 0 Å². The number of aliphatic carboxylic acids is 1. The van der Waals surface area contributed by atoms with E-state index < -0.39 is 5.97 Å². The van der Waals surface area contributed by atoms with E-state index in [9.17, 15) is 9.90 Å². The SMILES string of the molecule is CCCCCCCCCCCCCCCC(=O)[O-].[Cs+]. The Morgan fingerprint density at radius 3 is 1.32 bits per heavy atom. The van der Waals surface area contributed by atoms with E-state index >= 15 is 0 Å². The second-order valence-electron chi connectivity index (χ2n) is 5.36. The second kappa shape index (κ2) is 19.5. The van der Waals surface area contributed by atoms with Gasteiger partial charge in [0.25, 0.3) is 0 Å². The number of rotatable bonds is 14. The topological polar surface area (TPSA) is 40.1 Å². The Kier molecular flexibility index (Phi) is 23.4. The van der Waals surface area contributed by atoms with Crippen LogP contribution < -0.4 is 74.0 Å². The van der Waals surface area contributed by atoms with E-state index in [1.807, 2.05) is 0 Å². The van der Waals surface area contributed by atoms with Gasteiger partial charge in [0.15, 0.2) is 0 Å². The normalized spacial score (nSPS) is 10.2. The molecule has 0 aliphatic carbocycles.